The molecule has 1 aromatic carbocycles. The van der Waals surface area contributed by atoms with E-state index in [4.69, 9.17) is 4.74 Å². The first-order valence-electron chi connectivity index (χ1n) is 6.74. The Morgan fingerprint density at radius 2 is 1.95 bits per heavy atom. The summed E-state index contributed by atoms with van der Waals surface area (Å²) in [7, 11) is 0. The highest BCUT2D eigenvalue weighted by Gasteiger charge is 2.33. The molecule has 0 spiro atoms. The van der Waals surface area contributed by atoms with E-state index in [1.165, 1.54) is 0 Å². The molecule has 0 atom stereocenters. The van der Waals surface area contributed by atoms with E-state index in [9.17, 15) is 10.1 Å². The molecule has 20 heavy (non-hydrogen) atoms. The third-order valence-corrected chi connectivity index (χ3v) is 4.20. The van der Waals surface area contributed by atoms with E-state index < -0.39 is 5.54 Å². The zero-order valence-electron chi connectivity index (χ0n) is 11.2. The molecule has 0 unspecified atom stereocenters. The van der Waals surface area contributed by atoms with Crippen LogP contribution >= 0.6 is 22.6 Å². The number of hydrogen-bond donors (Lipinski definition) is 1. The molecule has 2 rings (SSSR count). The van der Waals surface area contributed by atoms with Crippen LogP contribution in [0.2, 0.25) is 0 Å². The summed E-state index contributed by atoms with van der Waals surface area (Å²) in [6.45, 7) is -0.0516. The molecular weight excluding hydrogens is 367 g/mol. The monoisotopic (exact) mass is 384 g/mol. The van der Waals surface area contributed by atoms with Crippen molar-refractivity contribution in [2.24, 2.45) is 0 Å². The van der Waals surface area contributed by atoms with Gasteiger partial charge in [-0.2, -0.15) is 5.26 Å². The number of ether oxygens (including phenoxy) is 1. The zero-order chi connectivity index (χ0) is 14.4. The molecule has 106 valence electrons. The minimum absolute atomic E-state index is 0.0516. The second kappa shape index (κ2) is 6.93. The van der Waals surface area contributed by atoms with Gasteiger partial charge < -0.3 is 10.1 Å². The van der Waals surface area contributed by atoms with Crippen LogP contribution in [0.5, 0.6) is 5.75 Å². The van der Waals surface area contributed by atoms with E-state index in [1.807, 2.05) is 24.3 Å². The Hall–Kier alpha value is -1.29. The smallest absolute Gasteiger partial charge is 0.259 e. The van der Waals surface area contributed by atoms with Crippen LogP contribution in [-0.4, -0.2) is 18.1 Å². The molecule has 0 saturated heterocycles. The Bertz CT molecular complexity index is 502. The molecular formula is C15H17IN2O2. The normalized spacial score (nSPS) is 17.0. The Balaban J connectivity index is 1.85. The van der Waals surface area contributed by atoms with Crippen LogP contribution in [0, 0.1) is 14.9 Å². The number of nitrogens with one attached hydrogen (secondary N) is 1. The van der Waals surface area contributed by atoms with Gasteiger partial charge in [0, 0.05) is 3.57 Å². The van der Waals surface area contributed by atoms with Crippen molar-refractivity contribution in [3.05, 3.63) is 27.8 Å². The number of amides is 1. The van der Waals surface area contributed by atoms with Gasteiger partial charge in [-0.15, -0.1) is 0 Å². The van der Waals surface area contributed by atoms with Gasteiger partial charge in [0.15, 0.2) is 6.61 Å². The molecule has 0 aromatic heterocycles. The van der Waals surface area contributed by atoms with Crippen molar-refractivity contribution in [3.63, 3.8) is 0 Å². The predicted octanol–water partition coefficient (Wildman–Crippen LogP) is 3.01. The van der Waals surface area contributed by atoms with Gasteiger partial charge in [0.2, 0.25) is 0 Å². The Morgan fingerprint density at radius 3 is 2.55 bits per heavy atom. The van der Waals surface area contributed by atoms with Crippen molar-refractivity contribution in [1.82, 2.24) is 5.32 Å². The van der Waals surface area contributed by atoms with E-state index in [-0.39, 0.29) is 12.5 Å². The van der Waals surface area contributed by atoms with E-state index in [0.29, 0.717) is 5.75 Å². The summed E-state index contributed by atoms with van der Waals surface area (Å²) in [5.41, 5.74) is -0.690. The minimum Gasteiger partial charge on any atom is -0.484 e. The fourth-order valence-corrected chi connectivity index (χ4v) is 2.76. The average Bonchev–Trinajstić information content (AvgIpc) is 2.47. The summed E-state index contributed by atoms with van der Waals surface area (Å²) in [4.78, 5) is 11.9. The molecule has 1 saturated carbocycles. The molecule has 0 aliphatic heterocycles. The molecule has 0 radical (unpaired) electrons. The summed E-state index contributed by atoms with van der Waals surface area (Å²) in [5.74, 6) is 0.433. The summed E-state index contributed by atoms with van der Waals surface area (Å²) < 4.78 is 6.54. The van der Waals surface area contributed by atoms with Crippen LogP contribution in [0.4, 0.5) is 0 Å². The number of carbonyl (C=O) groups is 1. The van der Waals surface area contributed by atoms with Crippen molar-refractivity contribution in [1.29, 1.82) is 5.26 Å². The molecule has 0 heterocycles. The van der Waals surface area contributed by atoms with E-state index in [2.05, 4.69) is 34.0 Å². The molecule has 1 aromatic rings. The summed E-state index contributed by atoms with van der Waals surface area (Å²) in [6.07, 6.45) is 4.59. The number of nitriles is 1. The van der Waals surface area contributed by atoms with Crippen LogP contribution in [0.15, 0.2) is 24.3 Å². The van der Waals surface area contributed by atoms with Gasteiger partial charge in [0.1, 0.15) is 11.3 Å². The first-order chi connectivity index (χ1) is 9.63. The molecule has 1 fully saturated rings. The van der Waals surface area contributed by atoms with Gasteiger partial charge in [-0.05, 0) is 59.7 Å². The Labute approximate surface area is 132 Å². The second-order valence-corrected chi connectivity index (χ2v) is 6.29. The predicted molar refractivity (Wildman–Crippen MR) is 84.2 cm³/mol. The standard InChI is InChI=1S/C15H17IN2O2/c16-12-4-6-13(7-5-12)20-10-14(19)18-15(11-17)8-2-1-3-9-15/h4-7H,1-3,8-10H2,(H,18,19). The summed E-state index contributed by atoms with van der Waals surface area (Å²) in [6, 6.07) is 9.77. The Morgan fingerprint density at radius 1 is 1.30 bits per heavy atom. The van der Waals surface area contributed by atoms with Crippen molar-refractivity contribution in [2.75, 3.05) is 6.61 Å². The second-order valence-electron chi connectivity index (χ2n) is 5.05. The van der Waals surface area contributed by atoms with Gasteiger partial charge in [-0.25, -0.2) is 0 Å². The fourth-order valence-electron chi connectivity index (χ4n) is 2.40. The maximum Gasteiger partial charge on any atom is 0.259 e. The molecule has 1 aliphatic carbocycles. The van der Waals surface area contributed by atoms with E-state index >= 15 is 0 Å². The molecule has 1 amide bonds. The van der Waals surface area contributed by atoms with Crippen molar-refractivity contribution in [2.45, 2.75) is 37.6 Å². The molecule has 0 bridgehead atoms. The number of hydrogen-bond acceptors (Lipinski definition) is 3. The van der Waals surface area contributed by atoms with Crippen LogP contribution < -0.4 is 10.1 Å². The summed E-state index contributed by atoms with van der Waals surface area (Å²) >= 11 is 2.21. The highest BCUT2D eigenvalue weighted by molar-refractivity contribution is 14.1. The van der Waals surface area contributed by atoms with Gasteiger partial charge in [-0.3, -0.25) is 4.79 Å². The largest absolute Gasteiger partial charge is 0.484 e. The van der Waals surface area contributed by atoms with Crippen LogP contribution in [0.1, 0.15) is 32.1 Å². The lowest BCUT2D eigenvalue weighted by molar-refractivity contribution is -0.124. The highest BCUT2D eigenvalue weighted by atomic mass is 127. The van der Waals surface area contributed by atoms with Crippen molar-refractivity contribution >= 4 is 28.5 Å². The van der Waals surface area contributed by atoms with Crippen molar-refractivity contribution in [3.8, 4) is 11.8 Å². The quantitative estimate of drug-likeness (QED) is 0.812. The highest BCUT2D eigenvalue weighted by Crippen LogP contribution is 2.27. The number of benzene rings is 1. The molecule has 4 nitrogen and oxygen atoms in total. The maximum absolute atomic E-state index is 11.9. The number of halogens is 1. The lowest BCUT2D eigenvalue weighted by Gasteiger charge is -2.31. The van der Waals surface area contributed by atoms with Gasteiger partial charge in [-0.1, -0.05) is 19.3 Å². The first-order valence-corrected chi connectivity index (χ1v) is 7.82. The zero-order valence-corrected chi connectivity index (χ0v) is 13.4. The third-order valence-electron chi connectivity index (χ3n) is 3.48. The topological polar surface area (TPSA) is 62.1 Å². The number of nitrogens with zero attached hydrogens (tertiary/aromatic N) is 1. The molecule has 1 aliphatic rings. The van der Waals surface area contributed by atoms with E-state index in [0.717, 1.165) is 35.7 Å². The number of carbonyl (C=O) groups excluding carboxylic acids is 1. The maximum atomic E-state index is 11.9. The lowest BCUT2D eigenvalue weighted by atomic mass is 9.83. The lowest BCUT2D eigenvalue weighted by Crippen LogP contribution is -2.50. The summed E-state index contributed by atoms with van der Waals surface area (Å²) in [5, 5.41) is 12.1. The van der Waals surface area contributed by atoms with E-state index in [1.54, 1.807) is 0 Å². The number of rotatable bonds is 4. The Kier molecular flexibility index (Phi) is 5.24. The van der Waals surface area contributed by atoms with Gasteiger partial charge >= 0.3 is 0 Å². The van der Waals surface area contributed by atoms with Gasteiger partial charge in [0.05, 0.1) is 6.07 Å². The molecule has 5 heteroatoms. The minimum atomic E-state index is -0.690. The van der Waals surface area contributed by atoms with Crippen LogP contribution in [0.25, 0.3) is 0 Å². The third kappa shape index (κ3) is 4.10. The fraction of sp³-hybridized carbons (Fsp3) is 0.467. The molecule has 1 N–H and O–H groups in total. The van der Waals surface area contributed by atoms with Crippen molar-refractivity contribution < 1.29 is 9.53 Å². The van der Waals surface area contributed by atoms with Gasteiger partial charge in [0.25, 0.3) is 5.91 Å². The van der Waals surface area contributed by atoms with Crippen LogP contribution in [0.3, 0.4) is 0 Å². The first kappa shape index (κ1) is 15.1. The van der Waals surface area contributed by atoms with Crippen LogP contribution in [-0.2, 0) is 4.79 Å². The average molecular weight is 384 g/mol. The SMILES string of the molecule is N#CC1(NC(=O)COc2ccc(I)cc2)CCCCC1.